The van der Waals surface area contributed by atoms with Crippen LogP contribution in [0.25, 0.3) is 0 Å². The second-order valence-corrected chi connectivity index (χ2v) is 2.66. The van der Waals surface area contributed by atoms with Gasteiger partial charge in [-0.15, -0.1) is 20.2 Å². The van der Waals surface area contributed by atoms with E-state index in [9.17, 15) is 0 Å². The minimum atomic E-state index is -1.50. The van der Waals surface area contributed by atoms with Gasteiger partial charge < -0.3 is 20.6 Å². The summed E-state index contributed by atoms with van der Waals surface area (Å²) in [4.78, 5) is 16.7. The molecular weight excluding hydrogens is 228 g/mol. The molecular formula is C6H18N2O8. The molecule has 0 bridgehead atoms. The van der Waals surface area contributed by atoms with E-state index in [1.807, 2.05) is 0 Å². The van der Waals surface area contributed by atoms with Crippen molar-refractivity contribution in [3.05, 3.63) is 20.2 Å². The Bertz CT molecular complexity index is 129. The molecule has 10 nitrogen and oxygen atoms in total. The number of hydrogen-bond acceptors (Lipinski definition) is 6. The number of rotatable bonds is 0. The topological polar surface area (TPSA) is 167 Å². The number of nitrogens with zero attached hydrogens (tertiary/aromatic N) is 2. The van der Waals surface area contributed by atoms with E-state index in [1.54, 1.807) is 27.7 Å². The molecule has 0 aliphatic heterocycles. The summed E-state index contributed by atoms with van der Waals surface area (Å²) in [6.45, 7) is 6.89. The maximum Gasteiger partial charge on any atom is 0.291 e. The van der Waals surface area contributed by atoms with Crippen LogP contribution in [0.3, 0.4) is 0 Å². The Labute approximate surface area is 92.0 Å². The van der Waals surface area contributed by atoms with Crippen LogP contribution in [0, 0.1) is 20.2 Å². The van der Waals surface area contributed by atoms with Crippen LogP contribution in [-0.2, 0) is 0 Å². The third-order valence-electron chi connectivity index (χ3n) is 0. The van der Waals surface area contributed by atoms with Crippen molar-refractivity contribution in [2.24, 2.45) is 0 Å². The molecule has 0 aliphatic rings. The molecule has 0 aromatic heterocycles. The van der Waals surface area contributed by atoms with Crippen molar-refractivity contribution in [1.82, 2.24) is 0 Å². The van der Waals surface area contributed by atoms with E-state index in [4.69, 9.17) is 40.9 Å². The number of aliphatic hydroxyl groups excluding tert-OH is 2. The predicted molar refractivity (Wildman–Crippen MR) is 52.3 cm³/mol. The van der Waals surface area contributed by atoms with Crippen LogP contribution >= 0.6 is 0 Å². The average Bonchev–Trinajstić information content (AvgIpc) is 1.76. The van der Waals surface area contributed by atoms with E-state index in [2.05, 4.69) is 0 Å². The molecule has 0 unspecified atom stereocenters. The zero-order chi connectivity index (χ0) is 14.3. The lowest BCUT2D eigenvalue weighted by Crippen LogP contribution is -1.85. The van der Waals surface area contributed by atoms with Crippen LogP contribution in [0.15, 0.2) is 0 Å². The summed E-state index contributed by atoms with van der Waals surface area (Å²) >= 11 is 0. The molecule has 0 heterocycles. The first-order valence-corrected chi connectivity index (χ1v) is 3.96. The summed E-state index contributed by atoms with van der Waals surface area (Å²) in [7, 11) is 0. The molecule has 0 saturated heterocycles. The monoisotopic (exact) mass is 246 g/mol. The quantitative estimate of drug-likeness (QED) is 0.344. The first kappa shape index (κ1) is 23.9. The normalized spacial score (nSPS) is 7.50. The fourth-order valence-corrected chi connectivity index (χ4v) is 0. The largest absolute Gasteiger partial charge is 0.394 e. The molecule has 0 radical (unpaired) electrons. The van der Waals surface area contributed by atoms with Crippen molar-refractivity contribution < 1.29 is 30.8 Å². The summed E-state index contributed by atoms with van der Waals surface area (Å²) in [6.07, 6.45) is -0.333. The second kappa shape index (κ2) is 19.0. The molecule has 10 heteroatoms. The van der Waals surface area contributed by atoms with Gasteiger partial charge in [-0.25, -0.2) is 0 Å². The Morgan fingerprint density at radius 3 is 0.812 bits per heavy atom. The van der Waals surface area contributed by atoms with Gasteiger partial charge in [0.1, 0.15) is 0 Å². The SMILES string of the molecule is CC(C)O.CC(C)O.O=[N+]([O-])O.O=[N+]([O-])O. The molecule has 0 spiro atoms. The zero-order valence-electron chi connectivity index (χ0n) is 9.47. The maximum absolute atomic E-state index is 8.36. The lowest BCUT2D eigenvalue weighted by atomic mass is 10.5. The van der Waals surface area contributed by atoms with Crippen molar-refractivity contribution in [2.75, 3.05) is 0 Å². The first-order chi connectivity index (χ1) is 6.93. The van der Waals surface area contributed by atoms with Crippen molar-refractivity contribution in [3.63, 3.8) is 0 Å². The first-order valence-electron chi connectivity index (χ1n) is 3.96. The zero-order valence-corrected chi connectivity index (χ0v) is 9.47. The fraction of sp³-hybridized carbons (Fsp3) is 1.00. The molecule has 0 amide bonds. The van der Waals surface area contributed by atoms with Crippen LogP contribution in [0.2, 0.25) is 0 Å². The van der Waals surface area contributed by atoms with Gasteiger partial charge in [-0.1, -0.05) is 0 Å². The summed E-state index contributed by atoms with van der Waals surface area (Å²) in [5.41, 5.74) is 0. The third kappa shape index (κ3) is 559. The van der Waals surface area contributed by atoms with Gasteiger partial charge in [0, 0.05) is 12.2 Å². The summed E-state index contributed by atoms with van der Waals surface area (Å²) < 4.78 is 0. The van der Waals surface area contributed by atoms with Crippen molar-refractivity contribution in [3.8, 4) is 0 Å². The Kier molecular flexibility index (Phi) is 28.3. The Hall–Kier alpha value is -1.68. The van der Waals surface area contributed by atoms with Gasteiger partial charge in [-0.05, 0) is 27.7 Å². The highest BCUT2D eigenvalue weighted by Crippen LogP contribution is 1.65. The molecule has 0 saturated carbocycles. The maximum atomic E-state index is 8.36. The van der Waals surface area contributed by atoms with Gasteiger partial charge in [0.15, 0.2) is 0 Å². The van der Waals surface area contributed by atoms with E-state index in [0.717, 1.165) is 0 Å². The summed E-state index contributed by atoms with van der Waals surface area (Å²) in [6, 6.07) is 0. The van der Waals surface area contributed by atoms with Crippen LogP contribution < -0.4 is 0 Å². The lowest BCUT2D eigenvalue weighted by molar-refractivity contribution is -0.742. The van der Waals surface area contributed by atoms with Gasteiger partial charge >= 0.3 is 0 Å². The van der Waals surface area contributed by atoms with Crippen LogP contribution in [0.5, 0.6) is 0 Å². The fourth-order valence-electron chi connectivity index (χ4n) is 0. The molecule has 0 atom stereocenters. The van der Waals surface area contributed by atoms with Crippen molar-refractivity contribution in [1.29, 1.82) is 0 Å². The molecule has 0 aromatic rings. The van der Waals surface area contributed by atoms with E-state index in [1.165, 1.54) is 0 Å². The summed E-state index contributed by atoms with van der Waals surface area (Å²) in [5.74, 6) is 0. The second-order valence-electron chi connectivity index (χ2n) is 2.66. The molecule has 4 N–H and O–H groups in total. The van der Waals surface area contributed by atoms with Gasteiger partial charge in [-0.2, -0.15) is 0 Å². The van der Waals surface area contributed by atoms with Gasteiger partial charge in [-0.3, -0.25) is 0 Å². The molecule has 0 rings (SSSR count). The molecule has 16 heavy (non-hydrogen) atoms. The lowest BCUT2D eigenvalue weighted by Gasteiger charge is -1.80. The van der Waals surface area contributed by atoms with Crippen molar-refractivity contribution >= 4 is 0 Å². The van der Waals surface area contributed by atoms with Crippen molar-refractivity contribution in [2.45, 2.75) is 39.9 Å². The highest BCUT2D eigenvalue weighted by Gasteiger charge is 1.69. The van der Waals surface area contributed by atoms with Gasteiger partial charge in [0.05, 0.1) is 0 Å². The number of hydrogen-bond donors (Lipinski definition) is 4. The smallest absolute Gasteiger partial charge is 0.291 e. The average molecular weight is 246 g/mol. The van der Waals surface area contributed by atoms with Gasteiger partial charge in [0.25, 0.3) is 10.2 Å². The van der Waals surface area contributed by atoms with E-state index < -0.39 is 10.2 Å². The van der Waals surface area contributed by atoms with Crippen LogP contribution in [0.1, 0.15) is 27.7 Å². The third-order valence-corrected chi connectivity index (χ3v) is 0. The Morgan fingerprint density at radius 1 is 0.812 bits per heavy atom. The van der Waals surface area contributed by atoms with Gasteiger partial charge in [0.2, 0.25) is 0 Å². The highest BCUT2D eigenvalue weighted by atomic mass is 16.9. The van der Waals surface area contributed by atoms with E-state index in [-0.39, 0.29) is 12.2 Å². The molecule has 100 valence electrons. The standard InChI is InChI=1S/2C3H8O.2HNO3/c2*1-3(2)4;2*2-1(3)4/h2*3-4H,1-2H3;2*(H,2,3,4). The summed E-state index contributed by atoms with van der Waals surface area (Å²) in [5, 5.41) is 43.4. The molecule has 0 fully saturated rings. The Balaban J connectivity index is -0.0000000600. The minimum absolute atomic E-state index is 0.167. The Morgan fingerprint density at radius 2 is 0.812 bits per heavy atom. The highest BCUT2D eigenvalue weighted by molar-refractivity contribution is 4.21. The van der Waals surface area contributed by atoms with Crippen LogP contribution in [0.4, 0.5) is 0 Å². The predicted octanol–water partition coefficient (Wildman–Crippen LogP) is 0.0788. The minimum Gasteiger partial charge on any atom is -0.394 e. The molecule has 0 aliphatic carbocycles. The number of aliphatic hydroxyl groups is 2. The molecule has 0 aromatic carbocycles. The van der Waals surface area contributed by atoms with Crippen LogP contribution in [-0.4, -0.2) is 43.0 Å². The van der Waals surface area contributed by atoms with E-state index >= 15 is 0 Å². The van der Waals surface area contributed by atoms with E-state index in [0.29, 0.717) is 0 Å².